The van der Waals surface area contributed by atoms with Crippen LogP contribution in [0.1, 0.15) is 43.6 Å². The van der Waals surface area contributed by atoms with Gasteiger partial charge in [-0.1, -0.05) is 13.8 Å². The second kappa shape index (κ2) is 9.96. The van der Waals surface area contributed by atoms with Crippen LogP contribution in [0.3, 0.4) is 0 Å². The predicted molar refractivity (Wildman–Crippen MR) is 103 cm³/mol. The molecule has 0 aliphatic rings. The Kier molecular flexibility index (Phi) is 7.66. The molecule has 0 fully saturated rings. The van der Waals surface area contributed by atoms with E-state index in [1.54, 1.807) is 36.7 Å². The summed E-state index contributed by atoms with van der Waals surface area (Å²) in [6, 6.07) is 6.65. The van der Waals surface area contributed by atoms with E-state index in [0.717, 1.165) is 0 Å². The number of primary amides is 1. The molecule has 0 radical (unpaired) electrons. The molecule has 2 rings (SSSR count). The molecule has 6 nitrogen and oxygen atoms in total. The molecule has 0 aliphatic heterocycles. The quantitative estimate of drug-likeness (QED) is 0.609. The van der Waals surface area contributed by atoms with Crippen LogP contribution < -0.4 is 11.1 Å². The van der Waals surface area contributed by atoms with Gasteiger partial charge in [-0.05, 0) is 55.5 Å². The number of unbranched alkanes of at least 4 members (excludes halogenated alkanes) is 2. The fourth-order valence-electron chi connectivity index (χ4n) is 2.87. The van der Waals surface area contributed by atoms with Gasteiger partial charge in [-0.15, -0.1) is 0 Å². The number of nitrogens with one attached hydrogen (secondary N) is 1. The summed E-state index contributed by atoms with van der Waals surface area (Å²) >= 11 is 0. The zero-order chi connectivity index (χ0) is 20.7. The van der Waals surface area contributed by atoms with Gasteiger partial charge in [-0.25, -0.2) is 4.39 Å². The monoisotopic (exact) mass is 392 g/mol. The number of nitrogens with two attached hydrogens (primary N) is 1. The first-order valence-corrected chi connectivity index (χ1v) is 9.33. The number of alkyl halides is 1. The fourth-order valence-corrected chi connectivity index (χ4v) is 2.87. The van der Waals surface area contributed by atoms with Crippen molar-refractivity contribution in [2.45, 2.75) is 45.7 Å². The molecule has 28 heavy (non-hydrogen) atoms. The van der Waals surface area contributed by atoms with Gasteiger partial charge in [0, 0.05) is 12.1 Å². The minimum absolute atomic E-state index is 0.136. The van der Waals surface area contributed by atoms with Crippen molar-refractivity contribution in [2.75, 3.05) is 6.67 Å². The summed E-state index contributed by atoms with van der Waals surface area (Å²) in [6.45, 7) is 3.68. The molecule has 0 unspecified atom stereocenters. The maximum atomic E-state index is 13.3. The molecule has 0 bridgehead atoms. The molecule has 8 heteroatoms. The summed E-state index contributed by atoms with van der Waals surface area (Å²) in [5, 5.41) is 6.95. The first kappa shape index (κ1) is 21.5. The average molecular weight is 392 g/mol. The number of carbonyl (C=O) groups excluding carboxylic acids is 2. The number of carbonyl (C=O) groups is 2. The summed E-state index contributed by atoms with van der Waals surface area (Å²) in [6.07, 6.45) is 1.85. The van der Waals surface area contributed by atoms with Gasteiger partial charge in [-0.2, -0.15) is 5.10 Å². The van der Waals surface area contributed by atoms with E-state index in [9.17, 15) is 18.4 Å². The first-order chi connectivity index (χ1) is 13.3. The van der Waals surface area contributed by atoms with Crippen molar-refractivity contribution in [2.24, 2.45) is 11.7 Å². The highest BCUT2D eigenvalue weighted by atomic mass is 19.1. The van der Waals surface area contributed by atoms with Gasteiger partial charge in [0.15, 0.2) is 5.69 Å². The van der Waals surface area contributed by atoms with Gasteiger partial charge >= 0.3 is 0 Å². The first-order valence-electron chi connectivity index (χ1n) is 9.33. The minimum Gasteiger partial charge on any atom is -0.368 e. The van der Waals surface area contributed by atoms with Gasteiger partial charge in [0.1, 0.15) is 11.9 Å². The number of halogens is 2. The van der Waals surface area contributed by atoms with E-state index in [1.165, 1.54) is 12.1 Å². The average Bonchev–Trinajstić information content (AvgIpc) is 3.07. The van der Waals surface area contributed by atoms with E-state index < -0.39 is 17.9 Å². The minimum atomic E-state index is -0.809. The number of rotatable bonds is 10. The van der Waals surface area contributed by atoms with Crippen LogP contribution in [0.5, 0.6) is 0 Å². The Morgan fingerprint density at radius 2 is 1.86 bits per heavy atom. The van der Waals surface area contributed by atoms with Gasteiger partial charge < -0.3 is 11.1 Å². The molecule has 1 aromatic heterocycles. The Labute approximate surface area is 163 Å². The summed E-state index contributed by atoms with van der Waals surface area (Å²) in [5.41, 5.74) is 6.84. The molecule has 0 spiro atoms. The largest absolute Gasteiger partial charge is 0.368 e. The molecular weight excluding hydrogens is 366 g/mol. The molecule has 152 valence electrons. The van der Waals surface area contributed by atoms with E-state index >= 15 is 0 Å². The standard InChI is InChI=1S/C20H26F2N4O2/c1-13(2)18(19(23)27)24-20(28)16-12-17(14-6-8-15(22)9-7-14)26(25-16)11-5-3-4-10-21/h6-9,12-13,18H,3-5,10-11H2,1-2H3,(H2,23,27)(H,24,28)/t18-/m1/s1. The van der Waals surface area contributed by atoms with Crippen molar-refractivity contribution in [3.05, 3.63) is 41.8 Å². The highest BCUT2D eigenvalue weighted by molar-refractivity contribution is 5.96. The van der Waals surface area contributed by atoms with Crippen LogP contribution in [0.15, 0.2) is 30.3 Å². The number of aryl methyl sites for hydroxylation is 1. The lowest BCUT2D eigenvalue weighted by molar-refractivity contribution is -0.120. The van der Waals surface area contributed by atoms with Crippen molar-refractivity contribution in [3.63, 3.8) is 0 Å². The highest BCUT2D eigenvalue weighted by Gasteiger charge is 2.24. The van der Waals surface area contributed by atoms with Crippen LogP contribution in [-0.4, -0.2) is 34.3 Å². The number of hydrogen-bond donors (Lipinski definition) is 2. The van der Waals surface area contributed by atoms with Crippen LogP contribution in [-0.2, 0) is 11.3 Å². The molecule has 0 aliphatic carbocycles. The highest BCUT2D eigenvalue weighted by Crippen LogP contribution is 2.22. The molecule has 1 atom stereocenters. The molecular formula is C20H26F2N4O2. The predicted octanol–water partition coefficient (Wildman–Crippen LogP) is 3.07. The second-order valence-electron chi connectivity index (χ2n) is 6.99. The topological polar surface area (TPSA) is 90.0 Å². The van der Waals surface area contributed by atoms with E-state index in [4.69, 9.17) is 5.73 Å². The fraction of sp³-hybridized carbons (Fsp3) is 0.450. The van der Waals surface area contributed by atoms with Crippen molar-refractivity contribution >= 4 is 11.8 Å². The Bertz CT molecular complexity index is 803. The third kappa shape index (κ3) is 5.61. The molecule has 2 aromatic rings. The number of amides is 2. The second-order valence-corrected chi connectivity index (χ2v) is 6.99. The van der Waals surface area contributed by atoms with Gasteiger partial charge in [-0.3, -0.25) is 18.7 Å². The van der Waals surface area contributed by atoms with Crippen LogP contribution in [0, 0.1) is 11.7 Å². The zero-order valence-electron chi connectivity index (χ0n) is 16.1. The lowest BCUT2D eigenvalue weighted by Gasteiger charge is -2.18. The number of aromatic nitrogens is 2. The third-order valence-electron chi connectivity index (χ3n) is 4.42. The van der Waals surface area contributed by atoms with Crippen molar-refractivity contribution in [3.8, 4) is 11.3 Å². The number of benzene rings is 1. The number of nitrogens with zero attached hydrogens (tertiary/aromatic N) is 2. The van der Waals surface area contributed by atoms with E-state index in [1.807, 2.05) is 0 Å². The van der Waals surface area contributed by atoms with E-state index in [2.05, 4.69) is 10.4 Å². The van der Waals surface area contributed by atoms with E-state index in [0.29, 0.717) is 37.1 Å². The van der Waals surface area contributed by atoms with Crippen molar-refractivity contribution in [1.29, 1.82) is 0 Å². The Hall–Kier alpha value is -2.77. The SMILES string of the molecule is CC(C)[C@@H](NC(=O)c1cc(-c2ccc(F)cc2)n(CCCCCF)n1)C(N)=O. The molecule has 0 saturated carbocycles. The Morgan fingerprint density at radius 3 is 2.43 bits per heavy atom. The lowest BCUT2D eigenvalue weighted by Crippen LogP contribution is -2.47. The van der Waals surface area contributed by atoms with E-state index in [-0.39, 0.29) is 24.1 Å². The van der Waals surface area contributed by atoms with Gasteiger partial charge in [0.2, 0.25) is 5.91 Å². The van der Waals surface area contributed by atoms with Crippen LogP contribution in [0.4, 0.5) is 8.78 Å². The Morgan fingerprint density at radius 1 is 1.18 bits per heavy atom. The molecule has 0 saturated heterocycles. The van der Waals surface area contributed by atoms with Gasteiger partial charge in [0.05, 0.1) is 12.4 Å². The van der Waals surface area contributed by atoms with Crippen LogP contribution >= 0.6 is 0 Å². The summed E-state index contributed by atoms with van der Waals surface area (Å²) < 4.78 is 27.2. The van der Waals surface area contributed by atoms with Crippen LogP contribution in [0.25, 0.3) is 11.3 Å². The summed E-state index contributed by atoms with van der Waals surface area (Å²) in [5.74, 6) is -1.66. The Balaban J connectivity index is 2.28. The maximum Gasteiger partial charge on any atom is 0.272 e. The molecule has 2 amide bonds. The molecule has 1 heterocycles. The number of hydrogen-bond acceptors (Lipinski definition) is 3. The van der Waals surface area contributed by atoms with Crippen molar-refractivity contribution in [1.82, 2.24) is 15.1 Å². The lowest BCUT2D eigenvalue weighted by atomic mass is 10.0. The van der Waals surface area contributed by atoms with Crippen LogP contribution in [0.2, 0.25) is 0 Å². The normalized spacial score (nSPS) is 12.2. The smallest absolute Gasteiger partial charge is 0.272 e. The molecule has 1 aromatic carbocycles. The maximum absolute atomic E-state index is 13.3. The third-order valence-corrected chi connectivity index (χ3v) is 4.42. The summed E-state index contributed by atoms with van der Waals surface area (Å²) in [7, 11) is 0. The van der Waals surface area contributed by atoms with Crippen molar-refractivity contribution < 1.29 is 18.4 Å². The summed E-state index contributed by atoms with van der Waals surface area (Å²) in [4.78, 5) is 24.1. The van der Waals surface area contributed by atoms with Gasteiger partial charge in [0.25, 0.3) is 5.91 Å². The zero-order valence-corrected chi connectivity index (χ0v) is 16.1. The molecule has 3 N–H and O–H groups in total.